The number of fused-ring (bicyclic) bond motifs is 6. The lowest BCUT2D eigenvalue weighted by atomic mass is 9.77. The molecule has 7 aromatic rings. The minimum Gasteiger partial charge on any atom is -0.310 e. The summed E-state index contributed by atoms with van der Waals surface area (Å²) in [6.45, 7) is 4.36. The molecule has 0 saturated carbocycles. The predicted octanol–water partition coefficient (Wildman–Crippen LogP) is 11.4. The lowest BCUT2D eigenvalue weighted by Crippen LogP contribution is -2.10. The molecule has 0 unspecified atom stereocenters. The van der Waals surface area contributed by atoms with Gasteiger partial charge in [0.05, 0.1) is 0 Å². The van der Waals surface area contributed by atoms with Gasteiger partial charge >= 0.3 is 0 Å². The Balaban J connectivity index is 1.22. The lowest BCUT2D eigenvalue weighted by Gasteiger charge is -2.28. The maximum atomic E-state index is 2.38. The fourth-order valence-corrected chi connectivity index (χ4v) is 6.25. The van der Waals surface area contributed by atoms with Crippen LogP contribution in [0.5, 0.6) is 0 Å². The zero-order valence-corrected chi connectivity index (χ0v) is 23.2. The summed E-state index contributed by atoms with van der Waals surface area (Å²) in [4.78, 5) is 2.36. The van der Waals surface area contributed by atoms with Crippen LogP contribution in [0.25, 0.3) is 54.9 Å². The molecule has 0 radical (unpaired) electrons. The van der Waals surface area contributed by atoms with Crippen molar-refractivity contribution >= 4 is 38.6 Å². The Morgan fingerprint density at radius 1 is 0.341 bits per heavy atom. The summed E-state index contributed by atoms with van der Waals surface area (Å²) in [6, 6.07) is 51.2. The predicted molar refractivity (Wildman–Crippen MR) is 175 cm³/mol. The van der Waals surface area contributed by atoms with Crippen molar-refractivity contribution < 1.29 is 0 Å². The molecule has 0 atom stereocenters. The second-order valence-corrected chi connectivity index (χ2v) is 11.2. The van der Waals surface area contributed by atoms with Gasteiger partial charge in [-0.3, -0.25) is 0 Å². The number of benzene rings is 7. The van der Waals surface area contributed by atoms with E-state index in [1.807, 2.05) is 0 Å². The number of rotatable bonds is 4. The molecule has 1 aliphatic carbocycles. The molecular weight excluding hydrogens is 494 g/mol. The highest BCUT2D eigenvalue weighted by atomic mass is 15.1. The highest BCUT2D eigenvalue weighted by molar-refractivity contribution is 6.12. The number of aryl methyl sites for hydroxylation is 2. The first-order chi connectivity index (χ1) is 20.1. The summed E-state index contributed by atoms with van der Waals surface area (Å²) in [6.07, 6.45) is 0. The molecule has 0 heterocycles. The summed E-state index contributed by atoms with van der Waals surface area (Å²) < 4.78 is 0. The number of hydrogen-bond donors (Lipinski definition) is 0. The topological polar surface area (TPSA) is 3.24 Å². The first-order valence-electron chi connectivity index (χ1n) is 14.3. The van der Waals surface area contributed by atoms with Crippen molar-refractivity contribution in [2.24, 2.45) is 0 Å². The first kappa shape index (κ1) is 23.7. The van der Waals surface area contributed by atoms with Crippen LogP contribution in [-0.2, 0) is 0 Å². The fourth-order valence-electron chi connectivity index (χ4n) is 6.25. The normalized spacial score (nSPS) is 11.7. The number of para-hydroxylation sites is 1. The van der Waals surface area contributed by atoms with Crippen molar-refractivity contribution in [3.8, 4) is 33.4 Å². The molecule has 0 aliphatic heterocycles. The van der Waals surface area contributed by atoms with E-state index >= 15 is 0 Å². The summed E-state index contributed by atoms with van der Waals surface area (Å²) in [5, 5.41) is 5.10. The Morgan fingerprint density at radius 2 is 0.878 bits per heavy atom. The minimum atomic E-state index is 1.16. The van der Waals surface area contributed by atoms with E-state index in [9.17, 15) is 0 Å². The Labute approximate surface area is 241 Å². The van der Waals surface area contributed by atoms with Crippen molar-refractivity contribution in [1.82, 2.24) is 0 Å². The average Bonchev–Trinajstić information content (AvgIpc) is 3.02. The molecule has 0 amide bonds. The van der Waals surface area contributed by atoms with Gasteiger partial charge in [0.2, 0.25) is 0 Å². The third kappa shape index (κ3) is 3.93. The van der Waals surface area contributed by atoms with Crippen LogP contribution < -0.4 is 4.90 Å². The fraction of sp³-hybridized carbons (Fsp3) is 0.0500. The van der Waals surface area contributed by atoms with Crippen molar-refractivity contribution in [1.29, 1.82) is 0 Å². The average molecular weight is 524 g/mol. The Bertz CT molecular complexity index is 2110. The Hall–Kier alpha value is -5.14. The summed E-state index contributed by atoms with van der Waals surface area (Å²) in [5.41, 5.74) is 14.0. The van der Waals surface area contributed by atoms with Crippen molar-refractivity contribution in [2.75, 3.05) is 4.90 Å². The number of anilines is 3. The SMILES string of the molecule is Cc1ccc(N(c2ccccc2)c2ccc3cc4c(cc3c2)-c2cc3ccc(-c5ccccc5)cc3cc2-4)cc1C. The Morgan fingerprint density at radius 3 is 1.54 bits per heavy atom. The van der Waals surface area contributed by atoms with E-state index in [0.717, 1.165) is 5.69 Å². The number of nitrogens with zero attached hydrogens (tertiary/aromatic N) is 1. The molecule has 7 aromatic carbocycles. The standard InChI is InChI=1S/C40H29N/c1-26-13-17-35(19-27(26)2)41(34-11-7-4-8-12-34)36-18-16-31-23-38-39-24-32-20-29(28-9-5-3-6-10-28)14-15-30(32)22-37(39)40(38)25-33(31)21-36/h3-25H,1-2H3. The maximum absolute atomic E-state index is 2.38. The van der Waals surface area contributed by atoms with Crippen LogP contribution in [0.4, 0.5) is 17.1 Å². The van der Waals surface area contributed by atoms with Gasteiger partial charge in [0.15, 0.2) is 0 Å². The van der Waals surface area contributed by atoms with Crippen LogP contribution in [0.2, 0.25) is 0 Å². The molecule has 0 bridgehead atoms. The van der Waals surface area contributed by atoms with Crippen LogP contribution in [0.15, 0.2) is 140 Å². The summed E-state index contributed by atoms with van der Waals surface area (Å²) in [7, 11) is 0. The van der Waals surface area contributed by atoms with Gasteiger partial charge in [-0.15, -0.1) is 0 Å². The lowest BCUT2D eigenvalue weighted by molar-refractivity contribution is 1.25. The molecule has 0 fully saturated rings. The van der Waals surface area contributed by atoms with E-state index in [-0.39, 0.29) is 0 Å². The van der Waals surface area contributed by atoms with Crippen LogP contribution in [-0.4, -0.2) is 0 Å². The van der Waals surface area contributed by atoms with Crippen LogP contribution in [0.1, 0.15) is 11.1 Å². The van der Waals surface area contributed by atoms with Gasteiger partial charge in [-0.2, -0.15) is 0 Å². The maximum Gasteiger partial charge on any atom is 0.0468 e. The second-order valence-electron chi connectivity index (χ2n) is 11.2. The van der Waals surface area contributed by atoms with Gasteiger partial charge in [-0.25, -0.2) is 0 Å². The largest absolute Gasteiger partial charge is 0.310 e. The van der Waals surface area contributed by atoms with Crippen LogP contribution >= 0.6 is 0 Å². The third-order valence-corrected chi connectivity index (χ3v) is 8.65. The van der Waals surface area contributed by atoms with Gasteiger partial charge in [0.1, 0.15) is 0 Å². The zero-order valence-electron chi connectivity index (χ0n) is 23.2. The molecular formula is C40H29N. The van der Waals surface area contributed by atoms with Gasteiger partial charge < -0.3 is 4.90 Å². The monoisotopic (exact) mass is 523 g/mol. The van der Waals surface area contributed by atoms with E-state index in [1.54, 1.807) is 0 Å². The van der Waals surface area contributed by atoms with Crippen LogP contribution in [0, 0.1) is 13.8 Å². The Kier molecular flexibility index (Phi) is 5.33. The zero-order chi connectivity index (χ0) is 27.5. The first-order valence-corrected chi connectivity index (χ1v) is 14.3. The van der Waals surface area contributed by atoms with E-state index < -0.39 is 0 Å². The van der Waals surface area contributed by atoms with E-state index in [2.05, 4.69) is 158 Å². The molecule has 1 heteroatoms. The molecule has 1 nitrogen and oxygen atoms in total. The third-order valence-electron chi connectivity index (χ3n) is 8.65. The van der Waals surface area contributed by atoms with Crippen molar-refractivity contribution in [3.05, 3.63) is 151 Å². The van der Waals surface area contributed by atoms with Gasteiger partial charge in [0, 0.05) is 17.1 Å². The molecule has 8 rings (SSSR count). The van der Waals surface area contributed by atoms with Crippen LogP contribution in [0.3, 0.4) is 0 Å². The highest BCUT2D eigenvalue weighted by Crippen LogP contribution is 2.51. The quantitative estimate of drug-likeness (QED) is 0.222. The molecule has 0 aromatic heterocycles. The van der Waals surface area contributed by atoms with E-state index in [1.165, 1.54) is 77.4 Å². The van der Waals surface area contributed by atoms with Gasteiger partial charge in [-0.1, -0.05) is 72.8 Å². The van der Waals surface area contributed by atoms with Crippen molar-refractivity contribution in [3.63, 3.8) is 0 Å². The van der Waals surface area contributed by atoms with Crippen molar-refractivity contribution in [2.45, 2.75) is 13.8 Å². The van der Waals surface area contributed by atoms with Gasteiger partial charge in [0.25, 0.3) is 0 Å². The molecule has 194 valence electrons. The molecule has 0 saturated heterocycles. The van der Waals surface area contributed by atoms with E-state index in [0.29, 0.717) is 0 Å². The highest BCUT2D eigenvalue weighted by Gasteiger charge is 2.24. The number of hydrogen-bond acceptors (Lipinski definition) is 1. The van der Waals surface area contributed by atoms with Gasteiger partial charge in [-0.05, 0) is 147 Å². The molecule has 41 heavy (non-hydrogen) atoms. The summed E-state index contributed by atoms with van der Waals surface area (Å²) in [5.74, 6) is 0. The molecule has 1 aliphatic rings. The molecule has 0 spiro atoms. The second kappa shape index (κ2) is 9.21. The summed E-state index contributed by atoms with van der Waals surface area (Å²) >= 11 is 0. The molecule has 0 N–H and O–H groups in total. The smallest absolute Gasteiger partial charge is 0.0468 e. The minimum absolute atomic E-state index is 1.16. The van der Waals surface area contributed by atoms with E-state index in [4.69, 9.17) is 0 Å².